The second kappa shape index (κ2) is 9.48. The molecule has 0 aliphatic carbocycles. The van der Waals surface area contributed by atoms with Crippen LogP contribution in [0.1, 0.15) is 58.0 Å². The van der Waals surface area contributed by atoms with Gasteiger partial charge in [0.05, 0.1) is 23.9 Å². The lowest BCUT2D eigenvalue weighted by molar-refractivity contribution is -0.00535. The maximum atomic E-state index is 14.8. The summed E-state index contributed by atoms with van der Waals surface area (Å²) in [6.45, 7) is 10.4. The summed E-state index contributed by atoms with van der Waals surface area (Å²) in [5.74, 6) is 0.0945. The number of hydrogen-bond donors (Lipinski definition) is 3. The van der Waals surface area contributed by atoms with E-state index in [-0.39, 0.29) is 23.6 Å². The molecule has 4 N–H and O–H groups in total. The van der Waals surface area contributed by atoms with Crippen molar-refractivity contribution >= 4 is 17.0 Å². The Kier molecular flexibility index (Phi) is 7.12. The molecule has 0 bridgehead atoms. The van der Waals surface area contributed by atoms with Crippen molar-refractivity contribution in [2.45, 2.75) is 65.2 Å². The third-order valence-corrected chi connectivity index (χ3v) is 5.21. The van der Waals surface area contributed by atoms with E-state index < -0.39 is 11.4 Å². The number of aromatic nitrogens is 4. The lowest BCUT2D eigenvalue weighted by Crippen LogP contribution is -2.23. The highest BCUT2D eigenvalue weighted by molar-refractivity contribution is 5.83. The molecule has 2 aromatic heterocycles. The molecule has 1 fully saturated rings. The highest BCUT2D eigenvalue weighted by Gasteiger charge is 2.27. The molecule has 0 spiro atoms. The van der Waals surface area contributed by atoms with Gasteiger partial charge >= 0.3 is 0 Å². The number of halogens is 1. The van der Waals surface area contributed by atoms with Crippen molar-refractivity contribution in [1.29, 1.82) is 0 Å². The molecule has 0 saturated carbocycles. The van der Waals surface area contributed by atoms with Crippen molar-refractivity contribution in [2.24, 2.45) is 0 Å². The largest absolute Gasteiger partial charge is 0.391 e. The molecule has 1 unspecified atom stereocenters. The number of aliphatic hydroxyl groups excluding tert-OH is 1. The number of nitrogen functional groups attached to an aromatic ring is 1. The van der Waals surface area contributed by atoms with Gasteiger partial charge in [-0.15, -0.1) is 0 Å². The van der Waals surface area contributed by atoms with Crippen LogP contribution in [-0.4, -0.2) is 49.0 Å². The summed E-state index contributed by atoms with van der Waals surface area (Å²) < 4.78 is 21.6. The Labute approximate surface area is 187 Å². The molecule has 0 radical (unpaired) electrons. The number of nitrogens with two attached hydrogens (primary N) is 1. The number of fused-ring (bicyclic) bond motifs is 1. The smallest absolute Gasteiger partial charge is 0.220 e. The van der Waals surface area contributed by atoms with Gasteiger partial charge < -0.3 is 25.3 Å². The zero-order valence-electron chi connectivity index (χ0n) is 19.3. The summed E-state index contributed by atoms with van der Waals surface area (Å²) in [4.78, 5) is 12.6. The first-order valence-corrected chi connectivity index (χ1v) is 10.8. The first-order chi connectivity index (χ1) is 15.0. The molecular formula is C23H32FN5O3. The molecule has 1 aliphatic heterocycles. The van der Waals surface area contributed by atoms with Crippen LogP contribution in [0.25, 0.3) is 22.3 Å². The number of nitrogens with zero attached hydrogens (tertiary/aromatic N) is 4. The van der Waals surface area contributed by atoms with Crippen molar-refractivity contribution in [1.82, 2.24) is 19.5 Å². The minimum Gasteiger partial charge on any atom is -0.391 e. The SMILES string of the molecule is Cc1cnc(N)nc1-c1cc(F)c2nc(C(C)(C)O)n(C(C)C)c2c1.OC1CCCOC1. The van der Waals surface area contributed by atoms with Crippen molar-refractivity contribution in [2.75, 3.05) is 18.9 Å². The fraction of sp³-hybridized carbons (Fsp3) is 0.522. The molecule has 4 rings (SSSR count). The number of rotatable bonds is 3. The standard InChI is InChI=1S/C18H22FN5O.C5H10O2/c1-9(2)24-13-7-11(14-10(3)8-21-17(20)23-14)6-12(19)15(13)22-16(24)18(4,5)25;6-5-2-1-3-7-4-5/h6-9,25H,1-5H3,(H2,20,21,23);5-6H,1-4H2. The summed E-state index contributed by atoms with van der Waals surface area (Å²) in [6, 6.07) is 3.22. The van der Waals surface area contributed by atoms with Crippen LogP contribution in [0.5, 0.6) is 0 Å². The molecule has 3 aromatic rings. The molecule has 0 amide bonds. The van der Waals surface area contributed by atoms with Crippen LogP contribution in [0.3, 0.4) is 0 Å². The van der Waals surface area contributed by atoms with Crippen molar-refractivity contribution in [3.8, 4) is 11.3 Å². The lowest BCUT2D eigenvalue weighted by Gasteiger charge is -2.21. The topological polar surface area (TPSA) is 119 Å². The minimum atomic E-state index is -1.19. The summed E-state index contributed by atoms with van der Waals surface area (Å²) in [5.41, 5.74) is 7.31. The van der Waals surface area contributed by atoms with E-state index in [0.717, 1.165) is 25.0 Å². The summed E-state index contributed by atoms with van der Waals surface area (Å²) in [6.07, 6.45) is 3.36. The number of ether oxygens (including phenoxy) is 1. The first kappa shape index (κ1) is 24.0. The molecule has 174 valence electrons. The van der Waals surface area contributed by atoms with Crippen LogP contribution in [-0.2, 0) is 10.3 Å². The molecule has 32 heavy (non-hydrogen) atoms. The number of aliphatic hydroxyl groups is 2. The summed E-state index contributed by atoms with van der Waals surface area (Å²) in [7, 11) is 0. The van der Waals surface area contributed by atoms with Gasteiger partial charge in [-0.05, 0) is 65.2 Å². The Balaban J connectivity index is 0.000000352. The molecule has 1 aliphatic rings. The van der Waals surface area contributed by atoms with Crippen LogP contribution in [0.2, 0.25) is 0 Å². The number of benzene rings is 1. The molecule has 1 aromatic carbocycles. The van der Waals surface area contributed by atoms with Gasteiger partial charge in [0.25, 0.3) is 0 Å². The van der Waals surface area contributed by atoms with E-state index in [9.17, 15) is 9.50 Å². The van der Waals surface area contributed by atoms with Crippen molar-refractivity contribution in [3.63, 3.8) is 0 Å². The van der Waals surface area contributed by atoms with Gasteiger partial charge in [0.1, 0.15) is 16.9 Å². The number of imidazole rings is 1. The predicted molar refractivity (Wildman–Crippen MR) is 122 cm³/mol. The average Bonchev–Trinajstić information content (AvgIpc) is 3.12. The van der Waals surface area contributed by atoms with Crippen LogP contribution >= 0.6 is 0 Å². The molecule has 9 heteroatoms. The van der Waals surface area contributed by atoms with E-state index in [1.165, 1.54) is 6.07 Å². The fourth-order valence-electron chi connectivity index (χ4n) is 3.72. The highest BCUT2D eigenvalue weighted by atomic mass is 19.1. The first-order valence-electron chi connectivity index (χ1n) is 10.8. The molecule has 3 heterocycles. The van der Waals surface area contributed by atoms with E-state index in [2.05, 4.69) is 15.0 Å². The molecular weight excluding hydrogens is 413 g/mol. The van der Waals surface area contributed by atoms with Crippen LogP contribution < -0.4 is 5.73 Å². The maximum Gasteiger partial charge on any atom is 0.220 e. The van der Waals surface area contributed by atoms with Gasteiger partial charge in [-0.1, -0.05) is 0 Å². The van der Waals surface area contributed by atoms with E-state index in [1.54, 1.807) is 20.0 Å². The number of aryl methyl sites for hydroxylation is 1. The van der Waals surface area contributed by atoms with Gasteiger partial charge in [0.2, 0.25) is 5.95 Å². The Morgan fingerprint density at radius 2 is 2.00 bits per heavy atom. The fourth-order valence-corrected chi connectivity index (χ4v) is 3.72. The van der Waals surface area contributed by atoms with Gasteiger partial charge in [-0.3, -0.25) is 0 Å². The zero-order valence-corrected chi connectivity index (χ0v) is 19.3. The Morgan fingerprint density at radius 3 is 2.53 bits per heavy atom. The van der Waals surface area contributed by atoms with Crippen LogP contribution in [0.15, 0.2) is 18.3 Å². The van der Waals surface area contributed by atoms with Gasteiger partial charge in [0, 0.05) is 24.4 Å². The van der Waals surface area contributed by atoms with E-state index in [4.69, 9.17) is 15.6 Å². The second-order valence-electron chi connectivity index (χ2n) is 8.91. The van der Waals surface area contributed by atoms with Gasteiger partial charge in [0.15, 0.2) is 5.82 Å². The second-order valence-corrected chi connectivity index (χ2v) is 8.91. The van der Waals surface area contributed by atoms with Crippen molar-refractivity contribution in [3.05, 3.63) is 35.5 Å². The van der Waals surface area contributed by atoms with Gasteiger partial charge in [-0.25, -0.2) is 19.3 Å². The average molecular weight is 446 g/mol. The van der Waals surface area contributed by atoms with E-state index in [1.807, 2.05) is 31.4 Å². The van der Waals surface area contributed by atoms with Gasteiger partial charge in [-0.2, -0.15) is 0 Å². The van der Waals surface area contributed by atoms with Crippen LogP contribution in [0.4, 0.5) is 10.3 Å². The summed E-state index contributed by atoms with van der Waals surface area (Å²) in [5, 5.41) is 19.2. The zero-order chi connectivity index (χ0) is 23.6. The monoisotopic (exact) mass is 445 g/mol. The number of anilines is 1. The normalized spacial score (nSPS) is 16.8. The maximum absolute atomic E-state index is 14.8. The molecule has 8 nitrogen and oxygen atoms in total. The Bertz CT molecular complexity index is 1090. The predicted octanol–water partition coefficient (Wildman–Crippen LogP) is 3.49. The van der Waals surface area contributed by atoms with Crippen molar-refractivity contribution < 1.29 is 19.3 Å². The molecule has 1 saturated heterocycles. The highest BCUT2D eigenvalue weighted by Crippen LogP contribution is 2.33. The Morgan fingerprint density at radius 1 is 1.28 bits per heavy atom. The summed E-state index contributed by atoms with van der Waals surface area (Å²) >= 11 is 0. The van der Waals surface area contributed by atoms with Crippen LogP contribution in [0, 0.1) is 12.7 Å². The quantitative estimate of drug-likeness (QED) is 0.564. The van der Waals surface area contributed by atoms with E-state index in [0.29, 0.717) is 29.2 Å². The lowest BCUT2D eigenvalue weighted by atomic mass is 10.1. The van der Waals surface area contributed by atoms with E-state index >= 15 is 0 Å². The minimum absolute atomic E-state index is 0.00218. The third-order valence-electron chi connectivity index (χ3n) is 5.21. The third kappa shape index (κ3) is 5.23. The molecule has 1 atom stereocenters. The Hall–Kier alpha value is -2.62. The number of hydrogen-bond acceptors (Lipinski definition) is 7.